The minimum Gasteiger partial charge on any atom is -0.480 e. The molecule has 1 aromatic rings. The lowest BCUT2D eigenvalue weighted by atomic mass is 9.70. The molecule has 7 heteroatoms. The fourth-order valence-electron chi connectivity index (χ4n) is 1.95. The van der Waals surface area contributed by atoms with Crippen LogP contribution in [0.3, 0.4) is 0 Å². The third kappa shape index (κ3) is 2.66. The van der Waals surface area contributed by atoms with Gasteiger partial charge in [-0.2, -0.15) is 0 Å². The van der Waals surface area contributed by atoms with E-state index >= 15 is 0 Å². The number of carbonyl (C=O) groups is 2. The van der Waals surface area contributed by atoms with Gasteiger partial charge in [-0.25, -0.2) is 4.68 Å². The van der Waals surface area contributed by atoms with Crippen molar-refractivity contribution >= 4 is 11.9 Å². The predicted octanol–water partition coefficient (Wildman–Crippen LogP) is 0.169. The molecule has 7 nitrogen and oxygen atoms in total. The fourth-order valence-corrected chi connectivity index (χ4v) is 1.95. The van der Waals surface area contributed by atoms with Gasteiger partial charge in [-0.1, -0.05) is 18.6 Å². The lowest BCUT2D eigenvalue weighted by molar-refractivity contribution is -0.138. The van der Waals surface area contributed by atoms with Crippen LogP contribution in [0.25, 0.3) is 0 Å². The van der Waals surface area contributed by atoms with Crippen LogP contribution < -0.4 is 5.32 Å². The second-order valence-electron chi connectivity index (χ2n) is 4.90. The van der Waals surface area contributed by atoms with Gasteiger partial charge in [-0.05, 0) is 12.8 Å². The molecule has 1 aliphatic rings. The molecule has 2 N–H and O–H groups in total. The maximum Gasteiger partial charge on any atom is 0.325 e. The summed E-state index contributed by atoms with van der Waals surface area (Å²) in [6, 6.07) is 0. The molecule has 0 atom stereocenters. The van der Waals surface area contributed by atoms with Crippen molar-refractivity contribution in [3.05, 3.63) is 11.9 Å². The summed E-state index contributed by atoms with van der Waals surface area (Å²) < 4.78 is 1.23. The van der Waals surface area contributed by atoms with E-state index in [0.717, 1.165) is 19.3 Å². The summed E-state index contributed by atoms with van der Waals surface area (Å²) in [6.07, 6.45) is 4.46. The maximum absolute atomic E-state index is 11.8. The van der Waals surface area contributed by atoms with Crippen LogP contribution in [-0.4, -0.2) is 32.0 Å². The minimum atomic E-state index is -0.975. The summed E-state index contributed by atoms with van der Waals surface area (Å²) in [7, 11) is 0. The van der Waals surface area contributed by atoms with Gasteiger partial charge in [0.1, 0.15) is 12.2 Å². The van der Waals surface area contributed by atoms with Crippen LogP contribution in [0.15, 0.2) is 6.20 Å². The van der Waals surface area contributed by atoms with Crippen LogP contribution in [0.4, 0.5) is 0 Å². The van der Waals surface area contributed by atoms with Crippen molar-refractivity contribution in [3.63, 3.8) is 0 Å². The van der Waals surface area contributed by atoms with Crippen molar-refractivity contribution in [1.82, 2.24) is 20.3 Å². The van der Waals surface area contributed by atoms with Crippen LogP contribution in [-0.2, 0) is 22.7 Å². The molecule has 0 saturated heterocycles. The molecule has 0 unspecified atom stereocenters. The normalized spacial score (nSPS) is 16.9. The summed E-state index contributed by atoms with van der Waals surface area (Å²) in [5.74, 6) is -0.945. The molecule has 1 fully saturated rings. The number of aromatic nitrogens is 3. The van der Waals surface area contributed by atoms with Gasteiger partial charge < -0.3 is 10.4 Å². The van der Waals surface area contributed by atoms with Crippen LogP contribution in [0, 0.1) is 5.41 Å². The Kier molecular flexibility index (Phi) is 3.31. The first-order valence-electron chi connectivity index (χ1n) is 5.89. The molecule has 0 radical (unpaired) electrons. The number of amides is 1. The van der Waals surface area contributed by atoms with Crippen molar-refractivity contribution < 1.29 is 14.7 Å². The van der Waals surface area contributed by atoms with E-state index in [1.165, 1.54) is 10.9 Å². The first kappa shape index (κ1) is 12.5. The van der Waals surface area contributed by atoms with E-state index in [4.69, 9.17) is 5.11 Å². The number of nitrogens with zero attached hydrogens (tertiary/aromatic N) is 3. The highest BCUT2D eigenvalue weighted by Gasteiger charge is 2.38. The van der Waals surface area contributed by atoms with Gasteiger partial charge in [0, 0.05) is 5.41 Å². The Morgan fingerprint density at radius 1 is 1.56 bits per heavy atom. The average Bonchev–Trinajstić information content (AvgIpc) is 2.69. The zero-order valence-electron chi connectivity index (χ0n) is 10.2. The SMILES string of the molecule is CC1(C(=O)NCc2cn(CC(=O)O)nn2)CCC1. The molecule has 0 aromatic carbocycles. The quantitative estimate of drug-likeness (QED) is 0.778. The lowest BCUT2D eigenvalue weighted by Crippen LogP contribution is -2.43. The number of carbonyl (C=O) groups excluding carboxylic acids is 1. The van der Waals surface area contributed by atoms with Crippen molar-refractivity contribution in [1.29, 1.82) is 0 Å². The average molecular weight is 252 g/mol. The zero-order valence-corrected chi connectivity index (χ0v) is 10.2. The Morgan fingerprint density at radius 2 is 2.28 bits per heavy atom. The summed E-state index contributed by atoms with van der Waals surface area (Å²) in [5.41, 5.74) is 0.323. The number of aliphatic carboxylic acids is 1. The lowest BCUT2D eigenvalue weighted by Gasteiger charge is -2.36. The van der Waals surface area contributed by atoms with E-state index < -0.39 is 5.97 Å². The number of rotatable bonds is 5. The number of hydrogen-bond donors (Lipinski definition) is 2. The molecule has 18 heavy (non-hydrogen) atoms. The molecule has 98 valence electrons. The summed E-state index contributed by atoms with van der Waals surface area (Å²) in [5, 5.41) is 18.9. The highest BCUT2D eigenvalue weighted by Crippen LogP contribution is 2.40. The maximum atomic E-state index is 11.8. The molecule has 2 rings (SSSR count). The van der Waals surface area contributed by atoms with Crippen molar-refractivity contribution in [2.75, 3.05) is 0 Å². The van der Waals surface area contributed by atoms with Crippen molar-refractivity contribution in [2.24, 2.45) is 5.41 Å². The number of nitrogens with one attached hydrogen (secondary N) is 1. The number of carboxylic acid groups (broad SMARTS) is 1. The monoisotopic (exact) mass is 252 g/mol. The molecule has 1 aliphatic carbocycles. The first-order valence-corrected chi connectivity index (χ1v) is 5.89. The third-order valence-electron chi connectivity index (χ3n) is 3.32. The van der Waals surface area contributed by atoms with Gasteiger partial charge in [0.25, 0.3) is 0 Å². The summed E-state index contributed by atoms with van der Waals surface area (Å²) >= 11 is 0. The highest BCUT2D eigenvalue weighted by atomic mass is 16.4. The Morgan fingerprint density at radius 3 is 2.83 bits per heavy atom. The number of hydrogen-bond acceptors (Lipinski definition) is 4. The van der Waals surface area contributed by atoms with Gasteiger partial charge in [0.15, 0.2) is 0 Å². The van der Waals surface area contributed by atoms with Gasteiger partial charge in [-0.3, -0.25) is 9.59 Å². The smallest absolute Gasteiger partial charge is 0.325 e. The van der Waals surface area contributed by atoms with Crippen molar-refractivity contribution in [3.8, 4) is 0 Å². The minimum absolute atomic E-state index is 0.0292. The highest BCUT2D eigenvalue weighted by molar-refractivity contribution is 5.82. The zero-order chi connectivity index (χ0) is 13.2. The largest absolute Gasteiger partial charge is 0.480 e. The van der Waals surface area contributed by atoms with E-state index in [-0.39, 0.29) is 24.4 Å². The van der Waals surface area contributed by atoms with Crippen molar-refractivity contribution in [2.45, 2.75) is 39.3 Å². The Balaban J connectivity index is 1.84. The van der Waals surface area contributed by atoms with Gasteiger partial charge in [0.05, 0.1) is 12.7 Å². The molecule has 0 aliphatic heterocycles. The second-order valence-corrected chi connectivity index (χ2v) is 4.90. The number of carboxylic acids is 1. The Hall–Kier alpha value is -1.92. The third-order valence-corrected chi connectivity index (χ3v) is 3.32. The molecular weight excluding hydrogens is 236 g/mol. The van der Waals surface area contributed by atoms with E-state index in [0.29, 0.717) is 5.69 Å². The van der Waals surface area contributed by atoms with Gasteiger partial charge in [0.2, 0.25) is 5.91 Å². The molecule has 1 saturated carbocycles. The van der Waals surface area contributed by atoms with Crippen LogP contribution in [0.2, 0.25) is 0 Å². The predicted molar refractivity (Wildman–Crippen MR) is 61.5 cm³/mol. The van der Waals surface area contributed by atoms with Crippen LogP contribution >= 0.6 is 0 Å². The molecule has 1 aromatic heterocycles. The van der Waals surface area contributed by atoms with E-state index in [1.807, 2.05) is 6.92 Å². The molecule has 0 bridgehead atoms. The van der Waals surface area contributed by atoms with Crippen LogP contribution in [0.1, 0.15) is 31.9 Å². The van der Waals surface area contributed by atoms with E-state index in [2.05, 4.69) is 15.6 Å². The Labute approximate surface area is 104 Å². The summed E-state index contributed by atoms with van der Waals surface area (Å²) in [4.78, 5) is 22.3. The fraction of sp³-hybridized carbons (Fsp3) is 0.636. The first-order chi connectivity index (χ1) is 8.49. The molecule has 1 heterocycles. The van der Waals surface area contributed by atoms with Gasteiger partial charge >= 0.3 is 5.97 Å². The molecular formula is C11H16N4O3. The van der Waals surface area contributed by atoms with E-state index in [9.17, 15) is 9.59 Å². The van der Waals surface area contributed by atoms with E-state index in [1.54, 1.807) is 0 Å². The topological polar surface area (TPSA) is 97.1 Å². The second kappa shape index (κ2) is 4.75. The van der Waals surface area contributed by atoms with Crippen LogP contribution in [0.5, 0.6) is 0 Å². The standard InChI is InChI=1S/C11H16N4O3/c1-11(3-2-4-11)10(18)12-5-8-6-15(14-13-8)7-9(16)17/h6H,2-5,7H2,1H3,(H,12,18)(H,16,17). The molecule has 0 spiro atoms. The molecule has 1 amide bonds. The Bertz CT molecular complexity index is 465. The van der Waals surface area contributed by atoms with Gasteiger partial charge in [-0.15, -0.1) is 5.10 Å². The summed E-state index contributed by atoms with van der Waals surface area (Å²) in [6.45, 7) is 2.01.